The quantitative estimate of drug-likeness (QED) is 0.755. The second kappa shape index (κ2) is 4.21. The first kappa shape index (κ1) is 10.7. The van der Waals surface area contributed by atoms with Gasteiger partial charge in [-0.15, -0.1) is 0 Å². The van der Waals surface area contributed by atoms with Crippen molar-refractivity contribution < 1.29 is 9.47 Å². The highest BCUT2D eigenvalue weighted by Crippen LogP contribution is 2.38. The van der Waals surface area contributed by atoms with Gasteiger partial charge in [-0.2, -0.15) is 5.26 Å². The molecule has 4 heteroatoms. The van der Waals surface area contributed by atoms with Crippen LogP contribution in [-0.2, 0) is 0 Å². The molecule has 1 aromatic carbocycles. The Hall–Kier alpha value is -1.40. The molecule has 0 N–H and O–H groups in total. The van der Waals surface area contributed by atoms with Gasteiger partial charge in [-0.05, 0) is 18.6 Å². The van der Waals surface area contributed by atoms with Crippen LogP contribution < -0.4 is 9.47 Å². The van der Waals surface area contributed by atoms with E-state index < -0.39 is 0 Å². The number of nitriles is 1. The number of halogens is 1. The van der Waals surface area contributed by atoms with Crippen LogP contribution >= 0.6 is 11.6 Å². The van der Waals surface area contributed by atoms with Crippen LogP contribution in [0.2, 0.25) is 5.02 Å². The molecule has 0 radical (unpaired) electrons. The van der Waals surface area contributed by atoms with Crippen molar-refractivity contribution in [2.24, 2.45) is 0 Å². The molecule has 74 valence electrons. The minimum absolute atomic E-state index is 0.298. The highest BCUT2D eigenvalue weighted by molar-refractivity contribution is 6.33. The summed E-state index contributed by atoms with van der Waals surface area (Å²) in [6, 6.07) is 3.75. The van der Waals surface area contributed by atoms with E-state index in [9.17, 15) is 0 Å². The van der Waals surface area contributed by atoms with Crippen molar-refractivity contribution in [1.29, 1.82) is 5.26 Å². The Kier molecular flexibility index (Phi) is 3.21. The molecule has 0 amide bonds. The normalized spacial score (nSPS) is 9.36. The minimum atomic E-state index is 0.298. The Morgan fingerprint density at radius 3 is 2.43 bits per heavy atom. The summed E-state index contributed by atoms with van der Waals surface area (Å²) < 4.78 is 10.1. The van der Waals surface area contributed by atoms with Gasteiger partial charge in [0.15, 0.2) is 11.5 Å². The average molecular weight is 212 g/mol. The van der Waals surface area contributed by atoms with E-state index in [0.717, 1.165) is 5.56 Å². The Balaban J connectivity index is 3.49. The molecule has 0 fully saturated rings. The van der Waals surface area contributed by atoms with Gasteiger partial charge < -0.3 is 9.47 Å². The first-order chi connectivity index (χ1) is 6.65. The van der Waals surface area contributed by atoms with Gasteiger partial charge in [-0.25, -0.2) is 0 Å². The van der Waals surface area contributed by atoms with Crippen LogP contribution in [0.4, 0.5) is 0 Å². The SMILES string of the molecule is COc1cc(C)c(C#N)c(Cl)c1OC. The molecule has 0 bridgehead atoms. The van der Waals surface area contributed by atoms with Crippen LogP contribution in [-0.4, -0.2) is 14.2 Å². The number of benzene rings is 1. The maximum absolute atomic E-state index is 8.85. The molecule has 0 heterocycles. The molecule has 1 rings (SSSR count). The summed E-state index contributed by atoms with van der Waals surface area (Å²) in [6.45, 7) is 1.80. The lowest BCUT2D eigenvalue weighted by Gasteiger charge is -2.11. The second-order valence-corrected chi connectivity index (χ2v) is 3.11. The smallest absolute Gasteiger partial charge is 0.180 e. The summed E-state index contributed by atoms with van der Waals surface area (Å²) in [4.78, 5) is 0. The number of hydrogen-bond donors (Lipinski definition) is 0. The Morgan fingerprint density at radius 2 is 2.00 bits per heavy atom. The van der Waals surface area contributed by atoms with E-state index in [2.05, 4.69) is 0 Å². The highest BCUT2D eigenvalue weighted by Gasteiger charge is 2.15. The van der Waals surface area contributed by atoms with Gasteiger partial charge >= 0.3 is 0 Å². The van der Waals surface area contributed by atoms with Crippen LogP contribution in [0.25, 0.3) is 0 Å². The zero-order valence-corrected chi connectivity index (χ0v) is 8.97. The maximum Gasteiger partial charge on any atom is 0.180 e. The molecule has 0 aliphatic carbocycles. The fourth-order valence-corrected chi connectivity index (χ4v) is 1.57. The Bertz CT molecular complexity index is 396. The topological polar surface area (TPSA) is 42.2 Å². The van der Waals surface area contributed by atoms with Crippen molar-refractivity contribution in [2.75, 3.05) is 14.2 Å². The monoisotopic (exact) mass is 211 g/mol. The molecule has 3 nitrogen and oxygen atoms in total. The molecule has 0 saturated heterocycles. The lowest BCUT2D eigenvalue weighted by atomic mass is 10.1. The third-order valence-electron chi connectivity index (χ3n) is 1.92. The molecule has 14 heavy (non-hydrogen) atoms. The third kappa shape index (κ3) is 1.61. The van der Waals surface area contributed by atoms with Gasteiger partial charge in [-0.3, -0.25) is 0 Å². The Labute approximate surface area is 87.8 Å². The van der Waals surface area contributed by atoms with E-state index in [-0.39, 0.29) is 0 Å². The number of ether oxygens (including phenoxy) is 2. The van der Waals surface area contributed by atoms with Gasteiger partial charge in [0.1, 0.15) is 11.1 Å². The van der Waals surface area contributed by atoms with Crippen molar-refractivity contribution in [3.05, 3.63) is 22.2 Å². The number of methoxy groups -OCH3 is 2. The molecule has 0 saturated carbocycles. The fourth-order valence-electron chi connectivity index (χ4n) is 1.21. The molecular weight excluding hydrogens is 202 g/mol. The summed E-state index contributed by atoms with van der Waals surface area (Å²) >= 11 is 5.97. The Morgan fingerprint density at radius 1 is 1.36 bits per heavy atom. The summed E-state index contributed by atoms with van der Waals surface area (Å²) in [7, 11) is 3.01. The summed E-state index contributed by atoms with van der Waals surface area (Å²) in [5.41, 5.74) is 1.19. The lowest BCUT2D eigenvalue weighted by Crippen LogP contribution is -1.95. The predicted molar refractivity (Wildman–Crippen MR) is 54.0 cm³/mol. The maximum atomic E-state index is 8.85. The van der Waals surface area contributed by atoms with E-state index in [0.29, 0.717) is 22.1 Å². The van der Waals surface area contributed by atoms with Gasteiger partial charge in [0.05, 0.1) is 19.8 Å². The van der Waals surface area contributed by atoms with Crippen LogP contribution in [0.15, 0.2) is 6.07 Å². The van der Waals surface area contributed by atoms with Crippen molar-refractivity contribution in [3.63, 3.8) is 0 Å². The van der Waals surface area contributed by atoms with E-state index in [1.54, 1.807) is 13.0 Å². The van der Waals surface area contributed by atoms with Crippen LogP contribution in [0.1, 0.15) is 11.1 Å². The predicted octanol–water partition coefficient (Wildman–Crippen LogP) is 2.54. The molecule has 0 spiro atoms. The van der Waals surface area contributed by atoms with Gasteiger partial charge in [0, 0.05) is 0 Å². The highest BCUT2D eigenvalue weighted by atomic mass is 35.5. The van der Waals surface area contributed by atoms with E-state index >= 15 is 0 Å². The molecule has 1 aromatic rings. The largest absolute Gasteiger partial charge is 0.493 e. The van der Waals surface area contributed by atoms with E-state index in [1.165, 1.54) is 14.2 Å². The molecule has 0 unspecified atom stereocenters. The fraction of sp³-hybridized carbons (Fsp3) is 0.300. The first-order valence-electron chi connectivity index (χ1n) is 3.96. The molecule has 0 aliphatic heterocycles. The zero-order chi connectivity index (χ0) is 10.7. The number of hydrogen-bond acceptors (Lipinski definition) is 3. The van der Waals surface area contributed by atoms with Gasteiger partial charge in [-0.1, -0.05) is 11.6 Å². The average Bonchev–Trinajstić information content (AvgIpc) is 2.17. The second-order valence-electron chi connectivity index (χ2n) is 2.73. The van der Waals surface area contributed by atoms with Crippen LogP contribution in [0, 0.1) is 18.3 Å². The molecule has 0 aliphatic rings. The van der Waals surface area contributed by atoms with E-state index in [1.807, 2.05) is 6.07 Å². The number of nitrogens with zero attached hydrogens (tertiary/aromatic N) is 1. The molecular formula is C10H10ClNO2. The summed E-state index contributed by atoms with van der Waals surface area (Å²) in [5.74, 6) is 0.935. The third-order valence-corrected chi connectivity index (χ3v) is 2.28. The molecule has 0 atom stereocenters. The van der Waals surface area contributed by atoms with Crippen LogP contribution in [0.5, 0.6) is 11.5 Å². The van der Waals surface area contributed by atoms with Crippen molar-refractivity contribution >= 4 is 11.6 Å². The standard InChI is InChI=1S/C10H10ClNO2/c1-6-4-8(13-2)10(14-3)9(11)7(6)5-12/h4H,1-3H3. The number of rotatable bonds is 2. The minimum Gasteiger partial charge on any atom is -0.493 e. The van der Waals surface area contributed by atoms with Gasteiger partial charge in [0.25, 0.3) is 0 Å². The molecule has 0 aromatic heterocycles. The first-order valence-corrected chi connectivity index (χ1v) is 4.34. The summed E-state index contributed by atoms with van der Waals surface area (Å²) in [5, 5.41) is 9.15. The lowest BCUT2D eigenvalue weighted by molar-refractivity contribution is 0.355. The summed E-state index contributed by atoms with van der Waals surface area (Å²) in [6.07, 6.45) is 0. The van der Waals surface area contributed by atoms with Crippen molar-refractivity contribution in [3.8, 4) is 17.6 Å². The van der Waals surface area contributed by atoms with Gasteiger partial charge in [0.2, 0.25) is 0 Å². The van der Waals surface area contributed by atoms with E-state index in [4.69, 9.17) is 26.3 Å². The number of aryl methyl sites for hydroxylation is 1. The van der Waals surface area contributed by atoms with Crippen LogP contribution in [0.3, 0.4) is 0 Å². The zero-order valence-electron chi connectivity index (χ0n) is 8.22. The van der Waals surface area contributed by atoms with Crippen molar-refractivity contribution in [1.82, 2.24) is 0 Å². The van der Waals surface area contributed by atoms with Crippen molar-refractivity contribution in [2.45, 2.75) is 6.92 Å².